The minimum atomic E-state index is 0.374. The van der Waals surface area contributed by atoms with E-state index in [9.17, 15) is 0 Å². The summed E-state index contributed by atoms with van der Waals surface area (Å²) in [7, 11) is 0. The average molecular weight is 350 g/mol. The SMILES string of the molecule is S=C(NCC1(N2CCCCC2)CCCCC1)N[C@H]1C[C@H]2CC[C@H]1C2. The molecular formula is C20H35N3S. The van der Waals surface area contributed by atoms with Gasteiger partial charge in [-0.3, -0.25) is 4.90 Å². The molecule has 3 nitrogen and oxygen atoms in total. The molecule has 1 saturated heterocycles. The van der Waals surface area contributed by atoms with Gasteiger partial charge in [0.25, 0.3) is 0 Å². The van der Waals surface area contributed by atoms with E-state index in [0.29, 0.717) is 11.6 Å². The molecule has 1 heterocycles. The number of nitrogens with zero attached hydrogens (tertiary/aromatic N) is 1. The molecule has 0 radical (unpaired) electrons. The lowest BCUT2D eigenvalue weighted by molar-refractivity contribution is 0.0369. The van der Waals surface area contributed by atoms with Crippen LogP contribution in [-0.4, -0.2) is 41.2 Å². The van der Waals surface area contributed by atoms with E-state index < -0.39 is 0 Å². The fraction of sp³-hybridized carbons (Fsp3) is 0.950. The van der Waals surface area contributed by atoms with Crippen LogP contribution in [0.5, 0.6) is 0 Å². The van der Waals surface area contributed by atoms with Crippen molar-refractivity contribution in [2.24, 2.45) is 11.8 Å². The third-order valence-electron chi connectivity index (χ3n) is 7.44. The smallest absolute Gasteiger partial charge is 0.166 e. The maximum atomic E-state index is 5.69. The zero-order valence-corrected chi connectivity index (χ0v) is 16.0. The monoisotopic (exact) mass is 349 g/mol. The second-order valence-corrected chi connectivity index (χ2v) is 9.35. The molecule has 3 atom stereocenters. The maximum absolute atomic E-state index is 5.69. The molecule has 4 fully saturated rings. The summed E-state index contributed by atoms with van der Waals surface area (Å²) in [6.07, 6.45) is 16.8. The van der Waals surface area contributed by atoms with Gasteiger partial charge < -0.3 is 10.6 Å². The lowest BCUT2D eigenvalue weighted by Gasteiger charge is -2.48. The highest BCUT2D eigenvalue weighted by molar-refractivity contribution is 7.80. The number of likely N-dealkylation sites (tertiary alicyclic amines) is 1. The summed E-state index contributed by atoms with van der Waals surface area (Å²) in [5.74, 6) is 1.87. The Morgan fingerprint density at radius 2 is 1.71 bits per heavy atom. The second kappa shape index (κ2) is 7.49. The number of hydrogen-bond donors (Lipinski definition) is 2. The summed E-state index contributed by atoms with van der Waals surface area (Å²) in [6, 6.07) is 0.654. The van der Waals surface area contributed by atoms with Crippen molar-refractivity contribution in [3.05, 3.63) is 0 Å². The van der Waals surface area contributed by atoms with E-state index in [1.165, 1.54) is 90.1 Å². The number of rotatable bonds is 4. The van der Waals surface area contributed by atoms with Gasteiger partial charge in [-0.25, -0.2) is 0 Å². The normalized spacial score (nSPS) is 35.8. The number of fused-ring (bicyclic) bond motifs is 2. The molecular weight excluding hydrogens is 314 g/mol. The second-order valence-electron chi connectivity index (χ2n) is 8.94. The van der Waals surface area contributed by atoms with Crippen molar-refractivity contribution in [3.8, 4) is 0 Å². The minimum absolute atomic E-state index is 0.374. The molecule has 0 spiro atoms. The third kappa shape index (κ3) is 3.60. The van der Waals surface area contributed by atoms with Gasteiger partial charge in [0.05, 0.1) is 0 Å². The van der Waals surface area contributed by atoms with E-state index in [1.54, 1.807) is 0 Å². The summed E-state index contributed by atoms with van der Waals surface area (Å²) in [4.78, 5) is 2.81. The predicted octanol–water partition coefficient (Wildman–Crippen LogP) is 3.83. The summed E-state index contributed by atoms with van der Waals surface area (Å²) >= 11 is 5.69. The quantitative estimate of drug-likeness (QED) is 0.754. The topological polar surface area (TPSA) is 27.3 Å². The summed E-state index contributed by atoms with van der Waals surface area (Å²) in [5, 5.41) is 8.25. The van der Waals surface area contributed by atoms with Crippen LogP contribution in [0.25, 0.3) is 0 Å². The van der Waals surface area contributed by atoms with Gasteiger partial charge in [0.1, 0.15) is 0 Å². The van der Waals surface area contributed by atoms with E-state index in [2.05, 4.69) is 15.5 Å². The highest BCUT2D eigenvalue weighted by atomic mass is 32.1. The predicted molar refractivity (Wildman–Crippen MR) is 104 cm³/mol. The lowest BCUT2D eigenvalue weighted by Crippen LogP contribution is -2.59. The van der Waals surface area contributed by atoms with Crippen LogP contribution < -0.4 is 10.6 Å². The van der Waals surface area contributed by atoms with Crippen LogP contribution in [0.2, 0.25) is 0 Å². The van der Waals surface area contributed by atoms with Crippen molar-refractivity contribution in [2.45, 2.75) is 88.6 Å². The molecule has 4 heteroatoms. The molecule has 2 N–H and O–H groups in total. The Hall–Kier alpha value is -0.350. The molecule has 0 unspecified atom stereocenters. The van der Waals surface area contributed by atoms with Crippen LogP contribution in [0, 0.1) is 11.8 Å². The standard InChI is InChI=1S/C20H35N3S/c24-19(22-18-14-16-7-8-17(18)13-16)21-15-20(9-3-1-4-10-20)23-11-5-2-6-12-23/h16-18H,1-15H2,(H2,21,22,24)/t16-,17-,18-/m0/s1. The van der Waals surface area contributed by atoms with Gasteiger partial charge in [0.2, 0.25) is 0 Å². The van der Waals surface area contributed by atoms with Gasteiger partial charge in [0, 0.05) is 18.1 Å². The zero-order chi connectivity index (χ0) is 16.4. The Morgan fingerprint density at radius 1 is 0.958 bits per heavy atom. The van der Waals surface area contributed by atoms with E-state index in [4.69, 9.17) is 12.2 Å². The van der Waals surface area contributed by atoms with Crippen molar-refractivity contribution in [3.63, 3.8) is 0 Å². The van der Waals surface area contributed by atoms with E-state index in [-0.39, 0.29) is 0 Å². The Morgan fingerprint density at radius 3 is 2.38 bits per heavy atom. The number of piperidine rings is 1. The molecule has 0 amide bonds. The first-order chi connectivity index (χ1) is 11.8. The first-order valence-electron chi connectivity index (χ1n) is 10.5. The Bertz CT molecular complexity index is 440. The molecule has 0 aromatic heterocycles. The van der Waals surface area contributed by atoms with E-state index >= 15 is 0 Å². The number of nitrogens with one attached hydrogen (secondary N) is 2. The molecule has 136 valence electrons. The third-order valence-corrected chi connectivity index (χ3v) is 7.71. The van der Waals surface area contributed by atoms with Crippen molar-refractivity contribution < 1.29 is 0 Å². The van der Waals surface area contributed by atoms with Crippen LogP contribution in [0.4, 0.5) is 0 Å². The molecule has 4 rings (SSSR count). The fourth-order valence-corrected chi connectivity index (χ4v) is 6.29. The van der Waals surface area contributed by atoms with Crippen LogP contribution in [0.3, 0.4) is 0 Å². The van der Waals surface area contributed by atoms with Crippen molar-refractivity contribution in [1.82, 2.24) is 15.5 Å². The largest absolute Gasteiger partial charge is 0.361 e. The molecule has 3 aliphatic carbocycles. The van der Waals surface area contributed by atoms with Crippen molar-refractivity contribution in [1.29, 1.82) is 0 Å². The molecule has 0 aromatic rings. The van der Waals surface area contributed by atoms with Crippen molar-refractivity contribution in [2.75, 3.05) is 19.6 Å². The summed E-state index contributed by atoms with van der Waals surface area (Å²) < 4.78 is 0. The zero-order valence-electron chi connectivity index (χ0n) is 15.2. The van der Waals surface area contributed by atoms with Gasteiger partial charge in [0.15, 0.2) is 5.11 Å². The maximum Gasteiger partial charge on any atom is 0.166 e. The van der Waals surface area contributed by atoms with Crippen molar-refractivity contribution >= 4 is 17.3 Å². The molecule has 24 heavy (non-hydrogen) atoms. The highest BCUT2D eigenvalue weighted by Crippen LogP contribution is 2.44. The van der Waals surface area contributed by atoms with Gasteiger partial charge in [-0.05, 0) is 82.1 Å². The molecule has 2 bridgehead atoms. The molecule has 1 aliphatic heterocycles. The Balaban J connectivity index is 1.31. The molecule has 0 aromatic carbocycles. The first kappa shape index (κ1) is 17.1. The summed E-state index contributed by atoms with van der Waals surface area (Å²) in [6.45, 7) is 3.65. The average Bonchev–Trinajstić information content (AvgIpc) is 3.25. The van der Waals surface area contributed by atoms with Crippen LogP contribution >= 0.6 is 12.2 Å². The fourth-order valence-electron chi connectivity index (χ4n) is 6.07. The van der Waals surface area contributed by atoms with Gasteiger partial charge in [-0.1, -0.05) is 32.1 Å². The van der Waals surface area contributed by atoms with Gasteiger partial charge >= 0.3 is 0 Å². The lowest BCUT2D eigenvalue weighted by atomic mass is 9.79. The van der Waals surface area contributed by atoms with Crippen LogP contribution in [-0.2, 0) is 0 Å². The van der Waals surface area contributed by atoms with Crippen LogP contribution in [0.1, 0.15) is 77.0 Å². The Kier molecular flexibility index (Phi) is 5.33. The molecule has 4 aliphatic rings. The van der Waals surface area contributed by atoms with Gasteiger partial charge in [-0.15, -0.1) is 0 Å². The van der Waals surface area contributed by atoms with Crippen LogP contribution in [0.15, 0.2) is 0 Å². The first-order valence-corrected chi connectivity index (χ1v) is 11.0. The Labute approximate surface area is 153 Å². The number of hydrogen-bond acceptors (Lipinski definition) is 2. The molecule has 3 saturated carbocycles. The van der Waals surface area contributed by atoms with E-state index in [1.807, 2.05) is 0 Å². The minimum Gasteiger partial charge on any atom is -0.361 e. The number of thiocarbonyl (C=S) groups is 1. The van der Waals surface area contributed by atoms with Gasteiger partial charge in [-0.2, -0.15) is 0 Å². The van der Waals surface area contributed by atoms with E-state index in [0.717, 1.165) is 23.5 Å². The summed E-state index contributed by atoms with van der Waals surface area (Å²) in [5.41, 5.74) is 0.374. The highest BCUT2D eigenvalue weighted by Gasteiger charge is 2.41.